The van der Waals surface area contributed by atoms with Crippen LogP contribution in [0.5, 0.6) is 5.75 Å². The lowest BCUT2D eigenvalue weighted by molar-refractivity contribution is 0.0604. The number of aromatic nitrogens is 2. The van der Waals surface area contributed by atoms with E-state index in [0.717, 1.165) is 53.0 Å². The highest BCUT2D eigenvalue weighted by Crippen LogP contribution is 2.32. The Balaban J connectivity index is 1.66. The van der Waals surface area contributed by atoms with Gasteiger partial charge >= 0.3 is 0 Å². The highest BCUT2D eigenvalue weighted by Gasteiger charge is 2.30. The number of benzene rings is 1. The van der Waals surface area contributed by atoms with E-state index < -0.39 is 0 Å². The number of hydrogen-bond donors (Lipinski definition) is 1. The molecule has 1 aliphatic carbocycles. The van der Waals surface area contributed by atoms with E-state index in [-0.39, 0.29) is 11.9 Å². The normalized spacial score (nSPS) is 17.7. The number of anilines is 1. The Morgan fingerprint density at radius 2 is 1.86 bits per heavy atom. The SMILES string of the molecule is CCOc1ccc(-c2cnc(N(C)C)nc2)cc1CN(C(=O)c1cccs1)C1CCC(NC)CC1. The number of amides is 1. The molecule has 0 radical (unpaired) electrons. The summed E-state index contributed by atoms with van der Waals surface area (Å²) in [5, 5.41) is 5.36. The van der Waals surface area contributed by atoms with Gasteiger partial charge in [0.25, 0.3) is 5.91 Å². The largest absolute Gasteiger partial charge is 0.494 e. The molecule has 35 heavy (non-hydrogen) atoms. The van der Waals surface area contributed by atoms with Crippen molar-refractivity contribution in [3.63, 3.8) is 0 Å². The molecule has 0 atom stereocenters. The van der Waals surface area contributed by atoms with Gasteiger partial charge < -0.3 is 19.9 Å². The van der Waals surface area contributed by atoms with Crippen molar-refractivity contribution in [1.29, 1.82) is 0 Å². The number of nitrogens with one attached hydrogen (secondary N) is 1. The third-order valence-corrected chi connectivity index (χ3v) is 7.47. The summed E-state index contributed by atoms with van der Waals surface area (Å²) in [6.45, 7) is 3.06. The summed E-state index contributed by atoms with van der Waals surface area (Å²) in [7, 11) is 5.87. The van der Waals surface area contributed by atoms with Crippen LogP contribution in [0.1, 0.15) is 47.8 Å². The summed E-state index contributed by atoms with van der Waals surface area (Å²) in [5.74, 6) is 1.58. The van der Waals surface area contributed by atoms with Crippen LogP contribution >= 0.6 is 11.3 Å². The van der Waals surface area contributed by atoms with Gasteiger partial charge in [0.15, 0.2) is 0 Å². The fourth-order valence-electron chi connectivity index (χ4n) is 4.65. The zero-order valence-electron chi connectivity index (χ0n) is 21.0. The van der Waals surface area contributed by atoms with Crippen LogP contribution in [-0.4, -0.2) is 60.6 Å². The molecule has 1 fully saturated rings. The van der Waals surface area contributed by atoms with E-state index in [1.54, 1.807) is 0 Å². The molecular weight excluding hydrogens is 458 g/mol. The van der Waals surface area contributed by atoms with Crippen LogP contribution in [0.15, 0.2) is 48.1 Å². The predicted octanol–water partition coefficient (Wildman–Crippen LogP) is 4.84. The molecule has 1 N–H and O–H groups in total. The molecule has 2 heterocycles. The minimum absolute atomic E-state index is 0.0967. The van der Waals surface area contributed by atoms with Crippen molar-refractivity contribution < 1.29 is 9.53 Å². The van der Waals surface area contributed by atoms with E-state index in [1.807, 2.05) is 75.0 Å². The van der Waals surface area contributed by atoms with E-state index in [1.165, 1.54) is 11.3 Å². The Bertz CT molecular complexity index is 1090. The molecule has 1 amide bonds. The number of rotatable bonds is 9. The lowest BCUT2D eigenvalue weighted by atomic mass is 9.89. The molecule has 1 saturated carbocycles. The monoisotopic (exact) mass is 493 g/mol. The van der Waals surface area contributed by atoms with Crippen LogP contribution in [0.4, 0.5) is 5.95 Å². The molecule has 186 valence electrons. The maximum Gasteiger partial charge on any atom is 0.264 e. The molecule has 0 bridgehead atoms. The van der Waals surface area contributed by atoms with Gasteiger partial charge in [-0.25, -0.2) is 9.97 Å². The van der Waals surface area contributed by atoms with Crippen molar-refractivity contribution >= 4 is 23.2 Å². The van der Waals surface area contributed by atoms with Crippen LogP contribution in [0.25, 0.3) is 11.1 Å². The molecule has 7 nitrogen and oxygen atoms in total. The number of thiophene rings is 1. The summed E-state index contributed by atoms with van der Waals surface area (Å²) in [6, 6.07) is 10.7. The van der Waals surface area contributed by atoms with Gasteiger partial charge in [-0.3, -0.25) is 4.79 Å². The molecular formula is C27H35N5O2S. The first-order chi connectivity index (χ1) is 17.0. The number of ether oxygens (including phenoxy) is 1. The molecule has 1 aromatic carbocycles. The van der Waals surface area contributed by atoms with E-state index in [9.17, 15) is 4.79 Å². The summed E-state index contributed by atoms with van der Waals surface area (Å²) in [4.78, 5) is 27.3. The average Bonchev–Trinajstić information content (AvgIpc) is 3.43. The van der Waals surface area contributed by atoms with E-state index >= 15 is 0 Å². The van der Waals surface area contributed by atoms with Gasteiger partial charge in [0.2, 0.25) is 5.95 Å². The quantitative estimate of drug-likeness (QED) is 0.460. The van der Waals surface area contributed by atoms with Gasteiger partial charge in [0.1, 0.15) is 5.75 Å². The lowest BCUT2D eigenvalue weighted by Crippen LogP contribution is -2.44. The van der Waals surface area contributed by atoms with Crippen LogP contribution in [0, 0.1) is 0 Å². The Hall–Kier alpha value is -2.97. The molecule has 4 rings (SSSR count). The average molecular weight is 494 g/mol. The van der Waals surface area contributed by atoms with Crippen LogP contribution in [-0.2, 0) is 6.54 Å². The highest BCUT2D eigenvalue weighted by molar-refractivity contribution is 7.12. The number of nitrogens with zero attached hydrogens (tertiary/aromatic N) is 4. The molecule has 2 aromatic heterocycles. The Labute approximate surface area is 212 Å². The third kappa shape index (κ3) is 6.00. The first-order valence-electron chi connectivity index (χ1n) is 12.3. The number of carbonyl (C=O) groups excluding carboxylic acids is 1. The van der Waals surface area contributed by atoms with Crippen LogP contribution in [0.3, 0.4) is 0 Å². The first-order valence-corrected chi connectivity index (χ1v) is 13.1. The van der Waals surface area contributed by atoms with Gasteiger partial charge in [-0.05, 0) is 68.8 Å². The summed E-state index contributed by atoms with van der Waals surface area (Å²) >= 11 is 1.50. The van der Waals surface area contributed by atoms with Crippen molar-refractivity contribution in [3.05, 3.63) is 58.5 Å². The molecule has 0 unspecified atom stereocenters. The second-order valence-corrected chi connectivity index (χ2v) is 10.1. The molecule has 0 spiro atoms. The summed E-state index contributed by atoms with van der Waals surface area (Å²) in [5.41, 5.74) is 2.95. The topological polar surface area (TPSA) is 70.6 Å². The second kappa shape index (κ2) is 11.6. The lowest BCUT2D eigenvalue weighted by Gasteiger charge is -2.37. The van der Waals surface area contributed by atoms with E-state index in [4.69, 9.17) is 4.74 Å². The first kappa shape index (κ1) is 25.1. The predicted molar refractivity (Wildman–Crippen MR) is 142 cm³/mol. The third-order valence-electron chi connectivity index (χ3n) is 6.61. The Morgan fingerprint density at radius 3 is 2.46 bits per heavy atom. The van der Waals surface area contributed by atoms with Crippen molar-refractivity contribution in [1.82, 2.24) is 20.2 Å². The van der Waals surface area contributed by atoms with Crippen molar-refractivity contribution in [2.24, 2.45) is 0 Å². The molecule has 0 aliphatic heterocycles. The Morgan fingerprint density at radius 1 is 1.11 bits per heavy atom. The van der Waals surface area contributed by atoms with Crippen molar-refractivity contribution in [2.45, 2.75) is 51.2 Å². The number of carbonyl (C=O) groups is 1. The maximum atomic E-state index is 13.6. The minimum atomic E-state index is 0.0967. The summed E-state index contributed by atoms with van der Waals surface area (Å²) in [6.07, 6.45) is 7.82. The van der Waals surface area contributed by atoms with Crippen LogP contribution in [0.2, 0.25) is 0 Å². The fraction of sp³-hybridized carbons (Fsp3) is 0.444. The van der Waals surface area contributed by atoms with Gasteiger partial charge in [-0.15, -0.1) is 11.3 Å². The molecule has 8 heteroatoms. The van der Waals surface area contributed by atoms with Crippen molar-refractivity contribution in [3.8, 4) is 16.9 Å². The zero-order valence-corrected chi connectivity index (χ0v) is 21.8. The maximum absolute atomic E-state index is 13.6. The molecule has 0 saturated heterocycles. The van der Waals surface area contributed by atoms with Crippen molar-refractivity contribution in [2.75, 3.05) is 32.6 Å². The van der Waals surface area contributed by atoms with E-state index in [2.05, 4.69) is 26.3 Å². The molecule has 1 aliphatic rings. The second-order valence-electron chi connectivity index (χ2n) is 9.13. The summed E-state index contributed by atoms with van der Waals surface area (Å²) < 4.78 is 5.99. The van der Waals surface area contributed by atoms with Gasteiger partial charge in [-0.2, -0.15) is 0 Å². The van der Waals surface area contributed by atoms with E-state index in [0.29, 0.717) is 25.1 Å². The van der Waals surface area contributed by atoms with Gasteiger partial charge in [0, 0.05) is 56.2 Å². The smallest absolute Gasteiger partial charge is 0.264 e. The number of hydrogen-bond acceptors (Lipinski definition) is 7. The highest BCUT2D eigenvalue weighted by atomic mass is 32.1. The van der Waals surface area contributed by atoms with Gasteiger partial charge in [-0.1, -0.05) is 12.1 Å². The zero-order chi connectivity index (χ0) is 24.8. The van der Waals surface area contributed by atoms with Gasteiger partial charge in [0.05, 0.1) is 11.5 Å². The minimum Gasteiger partial charge on any atom is -0.494 e. The fourth-order valence-corrected chi connectivity index (χ4v) is 5.33. The standard InChI is InChI=1S/C27H35N5O2S/c1-5-34-24-13-8-19(21-16-29-27(30-17-21)31(3)4)15-20(24)18-32(26(33)25-7-6-14-35-25)23-11-9-22(28-2)10-12-23/h6-8,13-17,22-23,28H,5,9-12,18H2,1-4H3. The molecule has 3 aromatic rings. The van der Waals surface area contributed by atoms with Crippen LogP contribution < -0.4 is 15.0 Å². The Kier molecular flexibility index (Phi) is 8.36.